The van der Waals surface area contributed by atoms with Crippen molar-refractivity contribution in [3.05, 3.63) is 5.69 Å². The van der Waals surface area contributed by atoms with Crippen LogP contribution in [0.15, 0.2) is 0 Å². The number of nitrogen functional groups attached to an aromatic ring is 1. The molecule has 0 amide bonds. The summed E-state index contributed by atoms with van der Waals surface area (Å²) in [7, 11) is -0.621. The van der Waals surface area contributed by atoms with Gasteiger partial charge in [0, 0.05) is 34.9 Å². The Morgan fingerprint density at radius 1 is 1.50 bits per heavy atom. The second-order valence-corrected chi connectivity index (χ2v) is 6.53. The summed E-state index contributed by atoms with van der Waals surface area (Å²) in [5.41, 5.74) is 7.70. The maximum Gasteiger partial charge on any atom is 0.148 e. The van der Waals surface area contributed by atoms with Gasteiger partial charge in [-0.2, -0.15) is 5.10 Å². The van der Waals surface area contributed by atoms with Gasteiger partial charge in [-0.1, -0.05) is 6.92 Å². The van der Waals surface area contributed by atoms with E-state index >= 15 is 0 Å². The molecule has 1 aromatic heterocycles. The van der Waals surface area contributed by atoms with E-state index in [1.165, 1.54) is 0 Å². The third kappa shape index (κ3) is 2.85. The maximum absolute atomic E-state index is 11.3. The van der Waals surface area contributed by atoms with Gasteiger partial charge in [0.05, 0.1) is 11.4 Å². The molecular weight excluding hydrogens is 248 g/mol. The highest BCUT2D eigenvalue weighted by Crippen LogP contribution is 2.25. The highest BCUT2D eigenvalue weighted by molar-refractivity contribution is 7.85. The van der Waals surface area contributed by atoms with Crippen molar-refractivity contribution in [2.75, 3.05) is 22.6 Å². The smallest absolute Gasteiger partial charge is 0.148 e. The van der Waals surface area contributed by atoms with Crippen LogP contribution in [0.5, 0.6) is 0 Å². The van der Waals surface area contributed by atoms with Gasteiger partial charge in [-0.05, 0) is 26.2 Å². The number of nitrogens with two attached hydrogens (primary N) is 1. The number of nitrogens with zero attached hydrogens (tertiary/aromatic N) is 2. The standard InChI is InChI=1S/C12H22N4OS/c1-3-6-16-12(11(13)9(2)15-16)14-10-4-7-18(17)8-5-10/h10,14H,3-8,13H2,1-2H3. The first-order chi connectivity index (χ1) is 8.61. The SMILES string of the molecule is CCCn1nc(C)c(N)c1NC1CCS(=O)CC1. The van der Waals surface area contributed by atoms with Crippen LogP contribution in [0.4, 0.5) is 11.5 Å². The molecule has 0 radical (unpaired) electrons. The summed E-state index contributed by atoms with van der Waals surface area (Å²) in [6.45, 7) is 4.93. The van der Waals surface area contributed by atoms with Crippen molar-refractivity contribution < 1.29 is 4.21 Å². The lowest BCUT2D eigenvalue weighted by Crippen LogP contribution is -2.30. The van der Waals surface area contributed by atoms with Crippen LogP contribution in [0.2, 0.25) is 0 Å². The minimum Gasteiger partial charge on any atom is -0.394 e. The first kappa shape index (κ1) is 13.4. The molecule has 0 bridgehead atoms. The summed E-state index contributed by atoms with van der Waals surface area (Å²) in [4.78, 5) is 0. The molecule has 1 aromatic rings. The summed E-state index contributed by atoms with van der Waals surface area (Å²) >= 11 is 0. The summed E-state index contributed by atoms with van der Waals surface area (Å²) in [6.07, 6.45) is 2.93. The van der Waals surface area contributed by atoms with Crippen molar-refractivity contribution in [3.63, 3.8) is 0 Å². The monoisotopic (exact) mass is 270 g/mol. The molecule has 0 unspecified atom stereocenters. The van der Waals surface area contributed by atoms with E-state index in [4.69, 9.17) is 5.73 Å². The Hall–Kier alpha value is -1.04. The molecule has 0 aromatic carbocycles. The van der Waals surface area contributed by atoms with E-state index in [1.54, 1.807) is 0 Å². The van der Waals surface area contributed by atoms with Crippen LogP contribution in [0.1, 0.15) is 31.9 Å². The normalized spacial score (nSPS) is 24.1. The van der Waals surface area contributed by atoms with Gasteiger partial charge in [0.15, 0.2) is 0 Å². The van der Waals surface area contributed by atoms with Crippen molar-refractivity contribution in [1.29, 1.82) is 0 Å². The molecule has 1 aliphatic heterocycles. The molecule has 0 atom stereocenters. The lowest BCUT2D eigenvalue weighted by Gasteiger charge is -2.24. The van der Waals surface area contributed by atoms with Gasteiger partial charge >= 0.3 is 0 Å². The number of anilines is 2. The van der Waals surface area contributed by atoms with E-state index in [2.05, 4.69) is 17.3 Å². The van der Waals surface area contributed by atoms with E-state index in [1.807, 2.05) is 11.6 Å². The van der Waals surface area contributed by atoms with Crippen molar-refractivity contribution >= 4 is 22.3 Å². The Bertz CT molecular complexity index is 434. The number of aryl methyl sites for hydroxylation is 2. The van der Waals surface area contributed by atoms with Gasteiger partial charge in [-0.3, -0.25) is 4.21 Å². The van der Waals surface area contributed by atoms with Gasteiger partial charge in [0.1, 0.15) is 5.82 Å². The van der Waals surface area contributed by atoms with Gasteiger partial charge in [-0.25, -0.2) is 4.68 Å². The lowest BCUT2D eigenvalue weighted by molar-refractivity contribution is 0.582. The average Bonchev–Trinajstić information content (AvgIpc) is 2.60. The molecule has 1 saturated heterocycles. The summed E-state index contributed by atoms with van der Waals surface area (Å²) in [5, 5.41) is 7.93. The predicted octanol–water partition coefficient (Wildman–Crippen LogP) is 1.51. The fraction of sp³-hybridized carbons (Fsp3) is 0.750. The summed E-state index contributed by atoms with van der Waals surface area (Å²) < 4.78 is 13.3. The minimum absolute atomic E-state index is 0.372. The highest BCUT2D eigenvalue weighted by atomic mass is 32.2. The van der Waals surface area contributed by atoms with E-state index in [0.29, 0.717) is 6.04 Å². The Balaban J connectivity index is 2.10. The molecule has 3 N–H and O–H groups in total. The van der Waals surface area contributed by atoms with Gasteiger partial charge in [-0.15, -0.1) is 0 Å². The lowest BCUT2D eigenvalue weighted by atomic mass is 10.1. The van der Waals surface area contributed by atoms with Crippen LogP contribution in [0.3, 0.4) is 0 Å². The zero-order valence-corrected chi connectivity index (χ0v) is 11.9. The maximum atomic E-state index is 11.3. The van der Waals surface area contributed by atoms with Crippen LogP contribution in [-0.4, -0.2) is 31.5 Å². The van der Waals surface area contributed by atoms with Crippen molar-refractivity contribution in [1.82, 2.24) is 9.78 Å². The fourth-order valence-corrected chi connectivity index (χ4v) is 3.55. The van der Waals surface area contributed by atoms with Crippen molar-refractivity contribution in [3.8, 4) is 0 Å². The van der Waals surface area contributed by atoms with Crippen molar-refractivity contribution in [2.24, 2.45) is 0 Å². The fourth-order valence-electron chi connectivity index (χ4n) is 2.25. The topological polar surface area (TPSA) is 72.9 Å². The third-order valence-electron chi connectivity index (χ3n) is 3.34. The third-order valence-corrected chi connectivity index (χ3v) is 4.72. The van der Waals surface area contributed by atoms with E-state index in [0.717, 1.165) is 54.5 Å². The molecular formula is C12H22N4OS. The van der Waals surface area contributed by atoms with Crippen LogP contribution >= 0.6 is 0 Å². The Kier molecular flexibility index (Phi) is 4.27. The Morgan fingerprint density at radius 3 is 2.78 bits per heavy atom. The molecule has 2 rings (SSSR count). The first-order valence-corrected chi connectivity index (χ1v) is 8.05. The molecule has 1 fully saturated rings. The molecule has 0 spiro atoms. The molecule has 5 nitrogen and oxygen atoms in total. The quantitative estimate of drug-likeness (QED) is 0.870. The number of rotatable bonds is 4. The van der Waals surface area contributed by atoms with Gasteiger partial charge in [0.2, 0.25) is 0 Å². The average molecular weight is 270 g/mol. The predicted molar refractivity (Wildman–Crippen MR) is 76.2 cm³/mol. The second kappa shape index (κ2) is 5.73. The molecule has 2 heterocycles. The Labute approximate surface area is 111 Å². The largest absolute Gasteiger partial charge is 0.394 e. The molecule has 6 heteroatoms. The summed E-state index contributed by atoms with van der Waals surface area (Å²) in [6, 6.07) is 0.372. The van der Waals surface area contributed by atoms with Gasteiger partial charge in [0.25, 0.3) is 0 Å². The molecule has 0 aliphatic carbocycles. The van der Waals surface area contributed by atoms with Crippen LogP contribution in [0.25, 0.3) is 0 Å². The molecule has 18 heavy (non-hydrogen) atoms. The summed E-state index contributed by atoms with van der Waals surface area (Å²) in [5.74, 6) is 2.52. The van der Waals surface area contributed by atoms with E-state index < -0.39 is 10.8 Å². The molecule has 102 valence electrons. The van der Waals surface area contributed by atoms with Crippen molar-refractivity contribution in [2.45, 2.75) is 45.7 Å². The number of hydrogen-bond donors (Lipinski definition) is 2. The van der Waals surface area contributed by atoms with Crippen LogP contribution in [0, 0.1) is 6.92 Å². The van der Waals surface area contributed by atoms with E-state index in [9.17, 15) is 4.21 Å². The van der Waals surface area contributed by atoms with Gasteiger partial charge < -0.3 is 11.1 Å². The number of hydrogen-bond acceptors (Lipinski definition) is 4. The number of aromatic nitrogens is 2. The molecule has 0 saturated carbocycles. The highest BCUT2D eigenvalue weighted by Gasteiger charge is 2.21. The zero-order chi connectivity index (χ0) is 13.1. The Morgan fingerprint density at radius 2 is 2.17 bits per heavy atom. The van der Waals surface area contributed by atoms with Crippen LogP contribution < -0.4 is 11.1 Å². The number of nitrogens with one attached hydrogen (secondary N) is 1. The first-order valence-electron chi connectivity index (χ1n) is 6.56. The minimum atomic E-state index is -0.621. The van der Waals surface area contributed by atoms with E-state index in [-0.39, 0.29) is 0 Å². The zero-order valence-electron chi connectivity index (χ0n) is 11.1. The molecule has 1 aliphatic rings. The second-order valence-electron chi connectivity index (χ2n) is 4.84. The van der Waals surface area contributed by atoms with Crippen LogP contribution in [-0.2, 0) is 17.3 Å².